The van der Waals surface area contributed by atoms with Crippen molar-refractivity contribution in [1.82, 2.24) is 15.2 Å². The number of furan rings is 1. The van der Waals surface area contributed by atoms with Crippen LogP contribution >= 0.6 is 0 Å². The van der Waals surface area contributed by atoms with E-state index in [4.69, 9.17) is 9.41 Å². The molecule has 228 valence electrons. The molecule has 2 N–H and O–H groups in total. The Morgan fingerprint density at radius 1 is 0.542 bits per heavy atom. The summed E-state index contributed by atoms with van der Waals surface area (Å²) >= 11 is 0. The molecule has 0 saturated carbocycles. The number of aliphatic imine (C=N–C) groups is 1. The van der Waals surface area contributed by atoms with Crippen LogP contribution in [0.1, 0.15) is 29.0 Å². The monoisotopic (exact) mass is 618 g/mol. The first kappa shape index (κ1) is 27.0. The second kappa shape index (κ2) is 10.7. The molecule has 0 bridgehead atoms. The summed E-state index contributed by atoms with van der Waals surface area (Å²) in [6.07, 6.45) is -0.319. The molecular formula is C43H30N4O. The molecule has 7 aromatic carbocycles. The van der Waals surface area contributed by atoms with Crippen molar-refractivity contribution in [2.75, 3.05) is 0 Å². The molecule has 1 aliphatic heterocycles. The molecule has 0 saturated heterocycles. The maximum Gasteiger partial charge on any atom is 0.160 e. The fourth-order valence-corrected chi connectivity index (χ4v) is 7.49. The van der Waals surface area contributed by atoms with E-state index in [-0.39, 0.29) is 12.3 Å². The average molecular weight is 619 g/mol. The van der Waals surface area contributed by atoms with Crippen molar-refractivity contribution >= 4 is 60.4 Å². The molecule has 2 unspecified atom stereocenters. The third-order valence-electron chi connectivity index (χ3n) is 9.66. The van der Waals surface area contributed by atoms with Gasteiger partial charge in [0.1, 0.15) is 23.8 Å². The highest BCUT2D eigenvalue weighted by molar-refractivity contribution is 6.35. The van der Waals surface area contributed by atoms with E-state index in [1.165, 1.54) is 21.5 Å². The SMILES string of the molecule is c1ccc(C2=NC(c3ccccc3)NC(c3ccc(-n4c5ccccc5c5c6ccccc6c6c7ccccc7oc6c54)cc3)N2)cc1. The van der Waals surface area contributed by atoms with Crippen molar-refractivity contribution in [1.29, 1.82) is 0 Å². The predicted octanol–water partition coefficient (Wildman–Crippen LogP) is 10.2. The number of nitrogens with one attached hydrogen (secondary N) is 2. The summed E-state index contributed by atoms with van der Waals surface area (Å²) in [5, 5.41) is 14.6. The van der Waals surface area contributed by atoms with Gasteiger partial charge in [-0.25, -0.2) is 4.99 Å². The molecule has 0 fully saturated rings. The zero-order valence-corrected chi connectivity index (χ0v) is 26.0. The summed E-state index contributed by atoms with van der Waals surface area (Å²) in [5.74, 6) is 0.874. The Balaban J connectivity index is 1.15. The van der Waals surface area contributed by atoms with E-state index in [0.717, 1.165) is 61.2 Å². The van der Waals surface area contributed by atoms with Crippen LogP contribution in [-0.4, -0.2) is 10.4 Å². The van der Waals surface area contributed by atoms with E-state index in [2.05, 4.69) is 155 Å². The largest absolute Gasteiger partial charge is 0.454 e. The first-order valence-corrected chi connectivity index (χ1v) is 16.4. The van der Waals surface area contributed by atoms with Gasteiger partial charge >= 0.3 is 0 Å². The van der Waals surface area contributed by atoms with Gasteiger partial charge in [0.2, 0.25) is 0 Å². The third-order valence-corrected chi connectivity index (χ3v) is 9.66. The lowest BCUT2D eigenvalue weighted by atomic mass is 9.99. The molecule has 10 rings (SSSR count). The van der Waals surface area contributed by atoms with Crippen molar-refractivity contribution in [3.63, 3.8) is 0 Å². The fraction of sp³-hybridized carbons (Fsp3) is 0.0465. The van der Waals surface area contributed by atoms with E-state index < -0.39 is 0 Å². The van der Waals surface area contributed by atoms with Gasteiger partial charge in [-0.05, 0) is 46.2 Å². The van der Waals surface area contributed by atoms with Crippen molar-refractivity contribution in [3.8, 4) is 5.69 Å². The minimum absolute atomic E-state index is 0.138. The maximum absolute atomic E-state index is 6.74. The Bertz CT molecular complexity index is 2670. The second-order valence-electron chi connectivity index (χ2n) is 12.4. The number of para-hydroxylation sites is 2. The van der Waals surface area contributed by atoms with Gasteiger partial charge in [-0.3, -0.25) is 5.32 Å². The lowest BCUT2D eigenvalue weighted by molar-refractivity contribution is 0.409. The lowest BCUT2D eigenvalue weighted by Gasteiger charge is -2.32. The van der Waals surface area contributed by atoms with Gasteiger partial charge < -0.3 is 14.3 Å². The molecular weight excluding hydrogens is 589 g/mol. The Morgan fingerprint density at radius 3 is 1.94 bits per heavy atom. The standard InChI is InChI=1S/C43H30N4O/c1-3-13-27(14-4-1)41-44-42(28-15-5-2-6-16-28)46-43(45-41)29-23-25-30(26-24-29)47-35-21-11-9-19-33(35)37-31-17-7-8-18-32(31)38-34-20-10-12-22-36(34)48-40(38)39(37)47/h1-26,41,43,45H,(H,44,46). The molecule has 0 amide bonds. The number of rotatable bonds is 4. The number of benzene rings is 7. The minimum Gasteiger partial charge on any atom is -0.454 e. The van der Waals surface area contributed by atoms with Gasteiger partial charge in [-0.1, -0.05) is 133 Å². The Kier molecular flexibility index (Phi) is 6.01. The quantitative estimate of drug-likeness (QED) is 0.206. The highest BCUT2D eigenvalue weighted by Gasteiger charge is 2.26. The lowest BCUT2D eigenvalue weighted by Crippen LogP contribution is -2.44. The fourth-order valence-electron chi connectivity index (χ4n) is 7.49. The van der Waals surface area contributed by atoms with E-state index in [0.29, 0.717) is 0 Å². The third kappa shape index (κ3) is 4.11. The molecule has 1 aliphatic rings. The zero-order valence-electron chi connectivity index (χ0n) is 26.0. The van der Waals surface area contributed by atoms with Gasteiger partial charge in [0.15, 0.2) is 5.58 Å². The Morgan fingerprint density at radius 2 is 1.17 bits per heavy atom. The van der Waals surface area contributed by atoms with E-state index in [1.54, 1.807) is 0 Å². The van der Waals surface area contributed by atoms with Gasteiger partial charge in [0, 0.05) is 32.8 Å². The molecule has 3 heterocycles. The summed E-state index contributed by atoms with van der Waals surface area (Å²) in [6, 6.07) is 55.4. The average Bonchev–Trinajstić information content (AvgIpc) is 3.73. The van der Waals surface area contributed by atoms with Gasteiger partial charge in [0.25, 0.3) is 0 Å². The number of amidine groups is 1. The normalized spacial score (nSPS) is 16.5. The van der Waals surface area contributed by atoms with Crippen molar-refractivity contribution < 1.29 is 4.42 Å². The molecule has 2 aromatic heterocycles. The van der Waals surface area contributed by atoms with Crippen LogP contribution < -0.4 is 10.6 Å². The summed E-state index contributed by atoms with van der Waals surface area (Å²) in [7, 11) is 0. The van der Waals surface area contributed by atoms with Crippen LogP contribution in [-0.2, 0) is 0 Å². The van der Waals surface area contributed by atoms with Crippen LogP contribution in [0.4, 0.5) is 0 Å². The van der Waals surface area contributed by atoms with Crippen LogP contribution in [0.2, 0.25) is 0 Å². The highest BCUT2D eigenvalue weighted by Crippen LogP contribution is 2.45. The van der Waals surface area contributed by atoms with Crippen LogP contribution in [0, 0.1) is 0 Å². The molecule has 0 spiro atoms. The van der Waals surface area contributed by atoms with Gasteiger partial charge in [-0.2, -0.15) is 0 Å². The number of fused-ring (bicyclic) bond motifs is 10. The van der Waals surface area contributed by atoms with E-state index in [1.807, 2.05) is 18.2 Å². The molecule has 0 aliphatic carbocycles. The summed E-state index contributed by atoms with van der Waals surface area (Å²) in [4.78, 5) is 5.08. The summed E-state index contributed by atoms with van der Waals surface area (Å²) in [6.45, 7) is 0. The minimum atomic E-state index is -0.181. The number of aromatic nitrogens is 1. The smallest absolute Gasteiger partial charge is 0.160 e. The Labute approximate surface area is 276 Å². The van der Waals surface area contributed by atoms with Crippen molar-refractivity contribution in [2.24, 2.45) is 4.99 Å². The molecule has 48 heavy (non-hydrogen) atoms. The first-order chi connectivity index (χ1) is 23.8. The molecule has 5 nitrogen and oxygen atoms in total. The van der Waals surface area contributed by atoms with E-state index in [9.17, 15) is 0 Å². The zero-order chi connectivity index (χ0) is 31.6. The van der Waals surface area contributed by atoms with Crippen LogP contribution in [0.15, 0.2) is 167 Å². The second-order valence-corrected chi connectivity index (χ2v) is 12.4. The molecule has 2 atom stereocenters. The first-order valence-electron chi connectivity index (χ1n) is 16.4. The predicted molar refractivity (Wildman–Crippen MR) is 197 cm³/mol. The summed E-state index contributed by atoms with van der Waals surface area (Å²) in [5.41, 5.74) is 8.44. The van der Waals surface area contributed by atoms with Gasteiger partial charge in [-0.15, -0.1) is 0 Å². The molecule has 0 radical (unpaired) electrons. The van der Waals surface area contributed by atoms with E-state index >= 15 is 0 Å². The summed E-state index contributed by atoms with van der Waals surface area (Å²) < 4.78 is 9.11. The highest BCUT2D eigenvalue weighted by atomic mass is 16.3. The molecule has 9 aromatic rings. The number of hydrogen-bond donors (Lipinski definition) is 2. The topological polar surface area (TPSA) is 54.5 Å². The van der Waals surface area contributed by atoms with Crippen molar-refractivity contribution in [3.05, 3.63) is 174 Å². The van der Waals surface area contributed by atoms with Crippen molar-refractivity contribution in [2.45, 2.75) is 12.3 Å². The van der Waals surface area contributed by atoms with Gasteiger partial charge in [0.05, 0.1) is 11.0 Å². The van der Waals surface area contributed by atoms with Crippen LogP contribution in [0.25, 0.3) is 60.2 Å². The maximum atomic E-state index is 6.74. The Hall–Kier alpha value is -6.17. The molecule has 5 heteroatoms. The van der Waals surface area contributed by atoms with Crippen LogP contribution in [0.5, 0.6) is 0 Å². The van der Waals surface area contributed by atoms with Crippen LogP contribution in [0.3, 0.4) is 0 Å². The number of hydrogen-bond acceptors (Lipinski definition) is 4. The number of nitrogens with zero attached hydrogens (tertiary/aromatic N) is 2.